The van der Waals surface area contributed by atoms with Crippen LogP contribution in [-0.2, 0) is 0 Å². The molecule has 0 aliphatic heterocycles. The van der Waals surface area contributed by atoms with E-state index in [4.69, 9.17) is 5.11 Å². The minimum atomic E-state index is -0.898. The molecular formula is C14H19NO2. The summed E-state index contributed by atoms with van der Waals surface area (Å²) in [5.41, 5.74) is 1.10. The van der Waals surface area contributed by atoms with Crippen molar-refractivity contribution in [3.05, 3.63) is 35.4 Å². The van der Waals surface area contributed by atoms with Crippen LogP contribution in [0.25, 0.3) is 0 Å². The topological polar surface area (TPSA) is 49.7 Å². The number of aromatic carboxylic acids is 1. The van der Waals surface area contributed by atoms with Crippen LogP contribution in [0.2, 0.25) is 0 Å². The lowest BCUT2D eigenvalue weighted by Crippen LogP contribution is -2.06. The third-order valence-corrected chi connectivity index (χ3v) is 2.85. The highest BCUT2D eigenvalue weighted by Crippen LogP contribution is 2.26. The highest BCUT2D eigenvalue weighted by Gasteiger charge is 2.16. The van der Waals surface area contributed by atoms with Gasteiger partial charge in [0.1, 0.15) is 0 Å². The van der Waals surface area contributed by atoms with Gasteiger partial charge in [-0.2, -0.15) is 0 Å². The Hall–Kier alpha value is -1.64. The molecule has 3 nitrogen and oxygen atoms in total. The highest BCUT2D eigenvalue weighted by atomic mass is 16.4. The smallest absolute Gasteiger partial charge is 0.336 e. The van der Waals surface area contributed by atoms with E-state index in [1.165, 1.54) is 0 Å². The number of benzene rings is 1. The Morgan fingerprint density at radius 2 is 2.12 bits per heavy atom. The molecular weight excluding hydrogens is 214 g/mol. The summed E-state index contributed by atoms with van der Waals surface area (Å²) in [5.74, 6) is -0.898. The molecule has 0 aromatic heterocycles. The number of carboxylic acids is 1. The zero-order chi connectivity index (χ0) is 12.7. The number of nitrogens with zero attached hydrogens (tertiary/aromatic N) is 1. The van der Waals surface area contributed by atoms with Crippen LogP contribution in [0.4, 0.5) is 0 Å². The number of aliphatic imine (C=N–C) groups is 1. The Labute approximate surface area is 102 Å². The zero-order valence-corrected chi connectivity index (χ0v) is 10.2. The molecule has 0 saturated heterocycles. The first kappa shape index (κ1) is 13.4. The number of unbranched alkanes of at least 4 members (excludes halogenated alkanes) is 2. The van der Waals surface area contributed by atoms with Gasteiger partial charge in [0.05, 0.1) is 11.6 Å². The first-order valence-corrected chi connectivity index (χ1v) is 5.98. The molecule has 0 heterocycles. The predicted molar refractivity (Wildman–Crippen MR) is 69.8 cm³/mol. The summed E-state index contributed by atoms with van der Waals surface area (Å²) in [6, 6.07) is 6.93. The van der Waals surface area contributed by atoms with Gasteiger partial charge in [-0.05, 0) is 24.8 Å². The quantitative estimate of drug-likeness (QED) is 0.576. The van der Waals surface area contributed by atoms with Crippen LogP contribution in [0.1, 0.15) is 54.6 Å². The van der Waals surface area contributed by atoms with E-state index in [-0.39, 0.29) is 6.04 Å². The minimum absolute atomic E-state index is 0.103. The molecule has 1 N–H and O–H groups in total. The SMILES string of the molecule is C=NC(CCCCC)c1ccccc1C(=O)O. The normalized spacial score (nSPS) is 12.1. The first-order chi connectivity index (χ1) is 8.20. The second kappa shape index (κ2) is 6.84. The lowest BCUT2D eigenvalue weighted by molar-refractivity contribution is 0.0695. The maximum atomic E-state index is 11.1. The van der Waals surface area contributed by atoms with E-state index < -0.39 is 5.97 Å². The molecule has 0 bridgehead atoms. The number of carboxylic acid groups (broad SMARTS) is 1. The van der Waals surface area contributed by atoms with Crippen molar-refractivity contribution in [2.45, 2.75) is 38.6 Å². The Morgan fingerprint density at radius 3 is 2.71 bits per heavy atom. The van der Waals surface area contributed by atoms with E-state index in [1.807, 2.05) is 12.1 Å². The van der Waals surface area contributed by atoms with E-state index >= 15 is 0 Å². The summed E-state index contributed by atoms with van der Waals surface area (Å²) in [6.07, 6.45) is 4.20. The van der Waals surface area contributed by atoms with Crippen LogP contribution < -0.4 is 0 Å². The summed E-state index contributed by atoms with van der Waals surface area (Å²) in [7, 11) is 0. The Balaban J connectivity index is 2.87. The molecule has 0 amide bonds. The predicted octanol–water partition coefficient (Wildman–Crippen LogP) is 3.71. The van der Waals surface area contributed by atoms with Crippen molar-refractivity contribution in [2.24, 2.45) is 4.99 Å². The fraction of sp³-hybridized carbons (Fsp3) is 0.429. The van der Waals surface area contributed by atoms with Gasteiger partial charge in [0.15, 0.2) is 0 Å². The number of hydrogen-bond donors (Lipinski definition) is 1. The molecule has 1 atom stereocenters. The van der Waals surface area contributed by atoms with Crippen molar-refractivity contribution in [3.63, 3.8) is 0 Å². The van der Waals surface area contributed by atoms with Crippen LogP contribution in [0.15, 0.2) is 29.3 Å². The van der Waals surface area contributed by atoms with Gasteiger partial charge in [0.25, 0.3) is 0 Å². The monoisotopic (exact) mass is 233 g/mol. The van der Waals surface area contributed by atoms with Crippen molar-refractivity contribution in [3.8, 4) is 0 Å². The number of carbonyl (C=O) groups is 1. The average molecular weight is 233 g/mol. The summed E-state index contributed by atoms with van der Waals surface area (Å²) in [5, 5.41) is 9.12. The molecule has 0 spiro atoms. The van der Waals surface area contributed by atoms with Gasteiger partial charge in [-0.1, -0.05) is 44.4 Å². The first-order valence-electron chi connectivity index (χ1n) is 5.98. The number of hydrogen-bond acceptors (Lipinski definition) is 2. The molecule has 92 valence electrons. The van der Waals surface area contributed by atoms with E-state index in [0.29, 0.717) is 5.56 Å². The lowest BCUT2D eigenvalue weighted by atomic mass is 9.96. The fourth-order valence-corrected chi connectivity index (χ4v) is 1.92. The van der Waals surface area contributed by atoms with Gasteiger partial charge in [0.2, 0.25) is 0 Å². The molecule has 0 saturated carbocycles. The summed E-state index contributed by atoms with van der Waals surface area (Å²) in [4.78, 5) is 15.2. The van der Waals surface area contributed by atoms with Gasteiger partial charge < -0.3 is 5.11 Å². The van der Waals surface area contributed by atoms with Gasteiger partial charge >= 0.3 is 5.97 Å². The lowest BCUT2D eigenvalue weighted by Gasteiger charge is -2.14. The van der Waals surface area contributed by atoms with Crippen molar-refractivity contribution in [1.29, 1.82) is 0 Å². The van der Waals surface area contributed by atoms with Crippen LogP contribution in [0, 0.1) is 0 Å². The Kier molecular flexibility index (Phi) is 5.40. The van der Waals surface area contributed by atoms with Crippen LogP contribution in [-0.4, -0.2) is 17.8 Å². The third kappa shape index (κ3) is 3.70. The molecule has 1 rings (SSSR count). The fourth-order valence-electron chi connectivity index (χ4n) is 1.92. The molecule has 0 fully saturated rings. The maximum Gasteiger partial charge on any atom is 0.336 e. The molecule has 1 unspecified atom stereocenters. The van der Waals surface area contributed by atoms with E-state index in [9.17, 15) is 4.79 Å². The summed E-state index contributed by atoms with van der Waals surface area (Å²) in [6.45, 7) is 5.71. The summed E-state index contributed by atoms with van der Waals surface area (Å²) < 4.78 is 0. The summed E-state index contributed by atoms with van der Waals surface area (Å²) >= 11 is 0. The number of rotatable bonds is 7. The molecule has 17 heavy (non-hydrogen) atoms. The molecule has 0 aliphatic rings. The molecule has 1 aromatic carbocycles. The van der Waals surface area contributed by atoms with Crippen molar-refractivity contribution in [2.75, 3.05) is 0 Å². The Morgan fingerprint density at radius 1 is 1.41 bits per heavy atom. The van der Waals surface area contributed by atoms with E-state index in [0.717, 1.165) is 31.2 Å². The van der Waals surface area contributed by atoms with E-state index in [1.54, 1.807) is 12.1 Å². The minimum Gasteiger partial charge on any atom is -0.478 e. The van der Waals surface area contributed by atoms with Crippen molar-refractivity contribution >= 4 is 12.7 Å². The standard InChI is InChI=1S/C14H19NO2/c1-3-4-5-10-13(15-2)11-8-6-7-9-12(11)14(16)17/h6-9,13H,2-5,10H2,1H3,(H,16,17). The average Bonchev–Trinajstić information content (AvgIpc) is 2.35. The van der Waals surface area contributed by atoms with Gasteiger partial charge in [0, 0.05) is 0 Å². The molecule has 0 aliphatic carbocycles. The highest BCUT2D eigenvalue weighted by molar-refractivity contribution is 5.89. The third-order valence-electron chi connectivity index (χ3n) is 2.85. The largest absolute Gasteiger partial charge is 0.478 e. The van der Waals surface area contributed by atoms with Crippen molar-refractivity contribution < 1.29 is 9.90 Å². The maximum absolute atomic E-state index is 11.1. The second-order valence-electron chi connectivity index (χ2n) is 4.09. The van der Waals surface area contributed by atoms with Crippen molar-refractivity contribution in [1.82, 2.24) is 0 Å². The van der Waals surface area contributed by atoms with Gasteiger partial charge in [-0.15, -0.1) is 0 Å². The van der Waals surface area contributed by atoms with Gasteiger partial charge in [-0.3, -0.25) is 4.99 Å². The Bertz CT molecular complexity index is 388. The molecule has 3 heteroatoms. The van der Waals surface area contributed by atoms with E-state index in [2.05, 4.69) is 18.6 Å². The molecule has 0 radical (unpaired) electrons. The second-order valence-corrected chi connectivity index (χ2v) is 4.09. The zero-order valence-electron chi connectivity index (χ0n) is 10.2. The van der Waals surface area contributed by atoms with Gasteiger partial charge in [-0.25, -0.2) is 4.79 Å². The van der Waals surface area contributed by atoms with Crippen LogP contribution >= 0.6 is 0 Å². The van der Waals surface area contributed by atoms with Crippen LogP contribution in [0.3, 0.4) is 0 Å². The van der Waals surface area contributed by atoms with Crippen LogP contribution in [0.5, 0.6) is 0 Å². The molecule has 1 aromatic rings.